The van der Waals surface area contributed by atoms with Crippen molar-refractivity contribution in [2.75, 3.05) is 0 Å². The van der Waals surface area contributed by atoms with Crippen molar-refractivity contribution >= 4 is 23.5 Å². The van der Waals surface area contributed by atoms with Crippen molar-refractivity contribution in [3.63, 3.8) is 0 Å². The molecule has 0 aliphatic heterocycles. The molecule has 0 atom stereocenters. The van der Waals surface area contributed by atoms with Crippen LogP contribution in [0.1, 0.15) is 24.8 Å². The van der Waals surface area contributed by atoms with Crippen molar-refractivity contribution in [3.05, 3.63) is 52.3 Å². The van der Waals surface area contributed by atoms with E-state index in [0.717, 1.165) is 30.2 Å². The molecular weight excluding hydrogens is 236 g/mol. The Kier molecular flexibility index (Phi) is 3.64. The predicted molar refractivity (Wildman–Crippen MR) is 69.0 cm³/mol. The number of ketones is 1. The Labute approximate surface area is 105 Å². The molecule has 88 valence electrons. The number of aliphatic hydroxyl groups is 1. The summed E-state index contributed by atoms with van der Waals surface area (Å²) in [4.78, 5) is 11.9. The molecule has 1 N–H and O–H groups in total. The second kappa shape index (κ2) is 5.19. The summed E-state index contributed by atoms with van der Waals surface area (Å²) in [5.74, 6) is -0.0475. The lowest BCUT2D eigenvalue weighted by Gasteiger charge is -2.15. The predicted octanol–water partition coefficient (Wildman–Crippen LogP) is 3.92. The zero-order chi connectivity index (χ0) is 12.3. The third kappa shape index (κ3) is 2.77. The van der Waals surface area contributed by atoms with E-state index in [9.17, 15) is 4.79 Å². The summed E-state index contributed by atoms with van der Waals surface area (Å²) in [5.41, 5.74) is 2.20. The zero-order valence-corrected chi connectivity index (χ0v) is 10.1. The van der Waals surface area contributed by atoms with E-state index in [1.54, 1.807) is 12.1 Å². The maximum absolute atomic E-state index is 11.9. The zero-order valence-electron chi connectivity index (χ0n) is 9.32. The standard InChI is InChI=1S/C14H13ClO2/c15-13-6-4-10(5-7-13)8-11-2-1-3-12(9-16)14(11)17/h4-9,16H,1-3H2/b11-8+,12-9?. The minimum Gasteiger partial charge on any atom is -0.515 e. The van der Waals surface area contributed by atoms with Gasteiger partial charge in [0, 0.05) is 16.2 Å². The van der Waals surface area contributed by atoms with Gasteiger partial charge in [0.15, 0.2) is 5.78 Å². The molecule has 1 aliphatic carbocycles. The number of halogens is 1. The first-order chi connectivity index (χ1) is 8.20. The largest absolute Gasteiger partial charge is 0.515 e. The number of rotatable bonds is 1. The number of aliphatic hydroxyl groups excluding tert-OH is 1. The van der Waals surface area contributed by atoms with Gasteiger partial charge in [-0.15, -0.1) is 0 Å². The molecule has 3 heteroatoms. The van der Waals surface area contributed by atoms with Gasteiger partial charge in [0.1, 0.15) is 0 Å². The Morgan fingerprint density at radius 2 is 1.76 bits per heavy atom. The summed E-state index contributed by atoms with van der Waals surface area (Å²) in [7, 11) is 0. The molecular formula is C14H13ClO2. The van der Waals surface area contributed by atoms with Crippen LogP contribution in [0.2, 0.25) is 5.02 Å². The van der Waals surface area contributed by atoms with Crippen LogP contribution in [-0.4, -0.2) is 10.9 Å². The molecule has 1 aromatic rings. The van der Waals surface area contributed by atoms with Gasteiger partial charge in [0.2, 0.25) is 0 Å². The monoisotopic (exact) mass is 248 g/mol. The number of Topliss-reactive ketones (excluding diaryl/α,β-unsaturated/α-hetero) is 1. The molecule has 0 amide bonds. The van der Waals surface area contributed by atoms with Gasteiger partial charge in [0.05, 0.1) is 6.26 Å². The summed E-state index contributed by atoms with van der Waals surface area (Å²) in [6, 6.07) is 7.34. The van der Waals surface area contributed by atoms with Crippen molar-refractivity contribution in [1.29, 1.82) is 0 Å². The molecule has 0 unspecified atom stereocenters. The molecule has 1 aliphatic rings. The van der Waals surface area contributed by atoms with E-state index >= 15 is 0 Å². The highest BCUT2D eigenvalue weighted by atomic mass is 35.5. The van der Waals surface area contributed by atoms with Crippen LogP contribution in [-0.2, 0) is 4.79 Å². The van der Waals surface area contributed by atoms with E-state index in [2.05, 4.69) is 0 Å². The van der Waals surface area contributed by atoms with Crippen LogP contribution in [0.4, 0.5) is 0 Å². The van der Waals surface area contributed by atoms with E-state index in [-0.39, 0.29) is 5.78 Å². The summed E-state index contributed by atoms with van der Waals surface area (Å²) < 4.78 is 0. The lowest BCUT2D eigenvalue weighted by Crippen LogP contribution is -2.12. The van der Waals surface area contributed by atoms with E-state index in [0.29, 0.717) is 17.0 Å². The first-order valence-electron chi connectivity index (χ1n) is 5.55. The maximum Gasteiger partial charge on any atom is 0.188 e. The van der Waals surface area contributed by atoms with Crippen molar-refractivity contribution in [1.82, 2.24) is 0 Å². The minimum absolute atomic E-state index is 0.0475. The minimum atomic E-state index is -0.0475. The van der Waals surface area contributed by atoms with Crippen LogP contribution in [0.5, 0.6) is 0 Å². The van der Waals surface area contributed by atoms with E-state index in [1.807, 2.05) is 18.2 Å². The summed E-state index contributed by atoms with van der Waals surface area (Å²) in [6.07, 6.45) is 5.11. The van der Waals surface area contributed by atoms with Gasteiger partial charge >= 0.3 is 0 Å². The Hall–Kier alpha value is -1.54. The Bertz CT molecular complexity index is 483. The van der Waals surface area contributed by atoms with Gasteiger partial charge in [-0.05, 0) is 43.0 Å². The van der Waals surface area contributed by atoms with Crippen molar-refractivity contribution in [2.24, 2.45) is 0 Å². The Morgan fingerprint density at radius 1 is 1.12 bits per heavy atom. The fourth-order valence-electron chi connectivity index (χ4n) is 1.92. The Morgan fingerprint density at radius 3 is 2.41 bits per heavy atom. The molecule has 0 radical (unpaired) electrons. The molecule has 1 saturated carbocycles. The first-order valence-corrected chi connectivity index (χ1v) is 5.92. The molecule has 2 rings (SSSR count). The number of hydrogen-bond donors (Lipinski definition) is 1. The summed E-state index contributed by atoms with van der Waals surface area (Å²) in [6.45, 7) is 0. The maximum atomic E-state index is 11.9. The van der Waals surface area contributed by atoms with Gasteiger partial charge in [-0.1, -0.05) is 23.7 Å². The number of carbonyl (C=O) groups is 1. The van der Waals surface area contributed by atoms with E-state index in [1.165, 1.54) is 0 Å². The van der Waals surface area contributed by atoms with Crippen molar-refractivity contribution in [3.8, 4) is 0 Å². The van der Waals surface area contributed by atoms with Gasteiger partial charge < -0.3 is 5.11 Å². The normalized spacial score (nSPS) is 21.1. The van der Waals surface area contributed by atoms with Crippen LogP contribution in [0.15, 0.2) is 41.7 Å². The molecule has 2 nitrogen and oxygen atoms in total. The second-order valence-corrected chi connectivity index (χ2v) is 4.49. The summed E-state index contributed by atoms with van der Waals surface area (Å²) in [5, 5.41) is 9.63. The number of carbonyl (C=O) groups excluding carboxylic acids is 1. The van der Waals surface area contributed by atoms with Crippen molar-refractivity contribution in [2.45, 2.75) is 19.3 Å². The second-order valence-electron chi connectivity index (χ2n) is 4.06. The van der Waals surface area contributed by atoms with Gasteiger partial charge in [-0.2, -0.15) is 0 Å². The average molecular weight is 249 g/mol. The highest BCUT2D eigenvalue weighted by Gasteiger charge is 2.20. The molecule has 0 bridgehead atoms. The fraction of sp³-hybridized carbons (Fsp3) is 0.214. The van der Waals surface area contributed by atoms with Crippen molar-refractivity contribution < 1.29 is 9.90 Å². The molecule has 0 saturated heterocycles. The molecule has 17 heavy (non-hydrogen) atoms. The quantitative estimate of drug-likeness (QED) is 0.604. The summed E-state index contributed by atoms with van der Waals surface area (Å²) >= 11 is 5.80. The van der Waals surface area contributed by atoms with Gasteiger partial charge in [0.25, 0.3) is 0 Å². The van der Waals surface area contributed by atoms with Crippen LogP contribution >= 0.6 is 11.6 Å². The van der Waals surface area contributed by atoms with E-state index < -0.39 is 0 Å². The number of allylic oxidation sites excluding steroid dienone is 2. The SMILES string of the molecule is O=C1C(=CO)CCC/C1=C\c1ccc(Cl)cc1. The van der Waals surface area contributed by atoms with Crippen LogP contribution in [0, 0.1) is 0 Å². The van der Waals surface area contributed by atoms with Gasteiger partial charge in [-0.3, -0.25) is 4.79 Å². The highest BCUT2D eigenvalue weighted by molar-refractivity contribution is 6.30. The van der Waals surface area contributed by atoms with Crippen LogP contribution in [0.3, 0.4) is 0 Å². The Balaban J connectivity index is 2.27. The molecule has 1 fully saturated rings. The highest BCUT2D eigenvalue weighted by Crippen LogP contribution is 2.26. The van der Waals surface area contributed by atoms with Gasteiger partial charge in [-0.25, -0.2) is 0 Å². The third-order valence-corrected chi connectivity index (χ3v) is 3.09. The van der Waals surface area contributed by atoms with Crippen LogP contribution in [0.25, 0.3) is 6.08 Å². The lowest BCUT2D eigenvalue weighted by molar-refractivity contribution is -0.113. The molecule has 0 heterocycles. The lowest BCUT2D eigenvalue weighted by atomic mass is 9.88. The number of benzene rings is 1. The molecule has 0 spiro atoms. The average Bonchev–Trinajstić information content (AvgIpc) is 2.35. The van der Waals surface area contributed by atoms with E-state index in [4.69, 9.17) is 16.7 Å². The third-order valence-electron chi connectivity index (χ3n) is 2.84. The smallest absolute Gasteiger partial charge is 0.188 e. The fourth-order valence-corrected chi connectivity index (χ4v) is 2.05. The van der Waals surface area contributed by atoms with Crippen LogP contribution < -0.4 is 0 Å². The number of hydrogen-bond acceptors (Lipinski definition) is 2. The topological polar surface area (TPSA) is 37.3 Å². The first kappa shape index (κ1) is 11.9. The molecule has 1 aromatic carbocycles. The molecule has 0 aromatic heterocycles.